The molecule has 1 aliphatic heterocycles. The first-order valence-electron chi connectivity index (χ1n) is 6.87. The van der Waals surface area contributed by atoms with Crippen molar-refractivity contribution in [1.82, 2.24) is 4.90 Å². The van der Waals surface area contributed by atoms with Gasteiger partial charge in [0, 0.05) is 20.1 Å². The first-order chi connectivity index (χ1) is 9.15. The Morgan fingerprint density at radius 2 is 2.05 bits per heavy atom. The molecular formula is C15H20N2OS. The Morgan fingerprint density at radius 3 is 2.68 bits per heavy atom. The third-order valence-electron chi connectivity index (χ3n) is 4.49. The van der Waals surface area contributed by atoms with Crippen LogP contribution in [0.5, 0.6) is 0 Å². The lowest BCUT2D eigenvalue weighted by molar-refractivity contribution is 0.165. The van der Waals surface area contributed by atoms with Gasteiger partial charge in [-0.25, -0.2) is 4.79 Å². The van der Waals surface area contributed by atoms with Crippen molar-refractivity contribution < 1.29 is 4.79 Å². The smallest absolute Gasteiger partial charge is 0.323 e. The van der Waals surface area contributed by atoms with Crippen molar-refractivity contribution in [3.05, 3.63) is 29.8 Å². The second-order valence-electron chi connectivity index (χ2n) is 5.87. The Hall–Kier alpha value is -1.16. The van der Waals surface area contributed by atoms with Gasteiger partial charge in [0.25, 0.3) is 0 Å². The number of fused-ring (bicyclic) bond motifs is 1. The Bertz CT molecular complexity index is 493. The number of amides is 2. The van der Waals surface area contributed by atoms with Gasteiger partial charge < -0.3 is 4.90 Å². The van der Waals surface area contributed by atoms with Gasteiger partial charge in [-0.1, -0.05) is 24.6 Å². The fraction of sp³-hybridized carbons (Fsp3) is 0.533. The van der Waals surface area contributed by atoms with Crippen LogP contribution in [0.2, 0.25) is 0 Å². The van der Waals surface area contributed by atoms with Gasteiger partial charge in [0.15, 0.2) is 0 Å². The molecule has 1 aromatic carbocycles. The molecule has 1 fully saturated rings. The number of thiol groups is 1. The molecule has 1 saturated carbocycles. The number of carbonyl (C=O) groups excluding carboxylic acids is 1. The molecule has 0 N–H and O–H groups in total. The van der Waals surface area contributed by atoms with E-state index in [9.17, 15) is 4.79 Å². The van der Waals surface area contributed by atoms with E-state index in [2.05, 4.69) is 24.8 Å². The Kier molecular flexibility index (Phi) is 3.21. The highest BCUT2D eigenvalue weighted by atomic mass is 32.1. The molecule has 0 radical (unpaired) electrons. The van der Waals surface area contributed by atoms with Crippen molar-refractivity contribution in [2.75, 3.05) is 24.2 Å². The van der Waals surface area contributed by atoms with E-state index in [0.29, 0.717) is 6.54 Å². The molecule has 1 heterocycles. The van der Waals surface area contributed by atoms with Gasteiger partial charge in [0.2, 0.25) is 0 Å². The number of hydrogen-bond donors (Lipinski definition) is 1. The number of urea groups is 1. The van der Waals surface area contributed by atoms with Crippen LogP contribution in [0, 0.1) is 5.41 Å². The standard InChI is InChI=1S/C15H20N2OS/c1-16-9-12-5-2-3-6-13(12)17(14(16)18)10-15(11-19)7-4-8-15/h2-3,5-6,19H,4,7-11H2,1H3. The minimum absolute atomic E-state index is 0.117. The quantitative estimate of drug-likeness (QED) is 0.842. The summed E-state index contributed by atoms with van der Waals surface area (Å²) in [6.07, 6.45) is 3.64. The van der Waals surface area contributed by atoms with Crippen molar-refractivity contribution in [3.63, 3.8) is 0 Å². The van der Waals surface area contributed by atoms with Crippen molar-refractivity contribution in [2.45, 2.75) is 25.8 Å². The summed E-state index contributed by atoms with van der Waals surface area (Å²) in [6.45, 7) is 1.51. The van der Waals surface area contributed by atoms with Crippen LogP contribution in [0.4, 0.5) is 10.5 Å². The third-order valence-corrected chi connectivity index (χ3v) is 5.16. The van der Waals surface area contributed by atoms with E-state index in [1.807, 2.05) is 24.1 Å². The largest absolute Gasteiger partial charge is 0.324 e. The summed E-state index contributed by atoms with van der Waals surface area (Å²) < 4.78 is 0. The number of nitrogens with zero attached hydrogens (tertiary/aromatic N) is 2. The van der Waals surface area contributed by atoms with Crippen LogP contribution < -0.4 is 4.90 Å². The first kappa shape index (κ1) is 12.9. The van der Waals surface area contributed by atoms with E-state index in [4.69, 9.17) is 0 Å². The summed E-state index contributed by atoms with van der Waals surface area (Å²) in [7, 11) is 1.87. The maximum absolute atomic E-state index is 12.4. The van der Waals surface area contributed by atoms with Gasteiger partial charge >= 0.3 is 6.03 Å². The first-order valence-corrected chi connectivity index (χ1v) is 7.50. The molecule has 19 heavy (non-hydrogen) atoms. The molecule has 1 aromatic rings. The molecule has 102 valence electrons. The van der Waals surface area contributed by atoms with Gasteiger partial charge in [-0.05, 0) is 35.6 Å². The van der Waals surface area contributed by atoms with E-state index >= 15 is 0 Å². The monoisotopic (exact) mass is 276 g/mol. The van der Waals surface area contributed by atoms with Crippen LogP contribution in [0.3, 0.4) is 0 Å². The average molecular weight is 276 g/mol. The lowest BCUT2D eigenvalue weighted by Crippen LogP contribution is -2.52. The number of para-hydroxylation sites is 1. The molecule has 3 nitrogen and oxygen atoms in total. The van der Waals surface area contributed by atoms with Crippen molar-refractivity contribution in [2.24, 2.45) is 5.41 Å². The molecule has 3 rings (SSSR count). The van der Waals surface area contributed by atoms with Gasteiger partial charge in [-0.2, -0.15) is 12.6 Å². The molecule has 0 saturated heterocycles. The van der Waals surface area contributed by atoms with Gasteiger partial charge in [-0.15, -0.1) is 0 Å². The maximum Gasteiger partial charge on any atom is 0.324 e. The molecule has 2 amide bonds. The third kappa shape index (κ3) is 2.12. The van der Waals surface area contributed by atoms with Crippen LogP contribution in [0.1, 0.15) is 24.8 Å². The van der Waals surface area contributed by atoms with Crippen molar-refractivity contribution in [1.29, 1.82) is 0 Å². The van der Waals surface area contributed by atoms with Crippen molar-refractivity contribution in [3.8, 4) is 0 Å². The summed E-state index contributed by atoms with van der Waals surface area (Å²) in [4.78, 5) is 16.2. The molecule has 0 aromatic heterocycles. The maximum atomic E-state index is 12.4. The van der Waals surface area contributed by atoms with Crippen molar-refractivity contribution >= 4 is 24.3 Å². The van der Waals surface area contributed by atoms with E-state index in [-0.39, 0.29) is 11.4 Å². The zero-order valence-corrected chi connectivity index (χ0v) is 12.2. The zero-order valence-electron chi connectivity index (χ0n) is 11.3. The summed E-state index contributed by atoms with van der Waals surface area (Å²) in [5, 5.41) is 0. The Balaban J connectivity index is 1.92. The number of anilines is 1. The van der Waals surface area contributed by atoms with E-state index in [1.165, 1.54) is 24.8 Å². The summed E-state index contributed by atoms with van der Waals surface area (Å²) in [5.74, 6) is 0.864. The minimum Gasteiger partial charge on any atom is -0.323 e. The number of rotatable bonds is 3. The highest BCUT2D eigenvalue weighted by molar-refractivity contribution is 7.80. The lowest BCUT2D eigenvalue weighted by atomic mass is 9.70. The SMILES string of the molecule is CN1Cc2ccccc2N(CC2(CS)CCC2)C1=O. The predicted octanol–water partition coefficient (Wildman–Crippen LogP) is 3.16. The average Bonchev–Trinajstić information content (AvgIpc) is 2.38. The van der Waals surface area contributed by atoms with Crippen LogP contribution in [-0.2, 0) is 6.54 Å². The topological polar surface area (TPSA) is 23.6 Å². The van der Waals surface area contributed by atoms with Gasteiger partial charge in [-0.3, -0.25) is 4.90 Å². The highest BCUT2D eigenvalue weighted by Gasteiger charge is 2.40. The fourth-order valence-electron chi connectivity index (χ4n) is 3.07. The second-order valence-corrected chi connectivity index (χ2v) is 6.18. The van der Waals surface area contributed by atoms with Crippen LogP contribution in [-0.4, -0.2) is 30.3 Å². The summed E-state index contributed by atoms with van der Waals surface area (Å²) >= 11 is 4.50. The predicted molar refractivity (Wildman–Crippen MR) is 80.8 cm³/mol. The van der Waals surface area contributed by atoms with E-state index in [0.717, 1.165) is 18.0 Å². The molecule has 4 heteroatoms. The second kappa shape index (κ2) is 4.75. The summed E-state index contributed by atoms with van der Waals surface area (Å²) in [6, 6.07) is 8.34. The molecule has 0 unspecified atom stereocenters. The molecule has 2 aliphatic rings. The number of carbonyl (C=O) groups is 1. The van der Waals surface area contributed by atoms with Crippen LogP contribution in [0.15, 0.2) is 24.3 Å². The lowest BCUT2D eigenvalue weighted by Gasteiger charge is -2.46. The normalized spacial score (nSPS) is 21.1. The zero-order chi connectivity index (χ0) is 13.5. The molecule has 1 aliphatic carbocycles. The highest BCUT2D eigenvalue weighted by Crippen LogP contribution is 2.44. The minimum atomic E-state index is 0.117. The van der Waals surface area contributed by atoms with Crippen LogP contribution in [0.25, 0.3) is 0 Å². The molecule has 0 atom stereocenters. The van der Waals surface area contributed by atoms with E-state index < -0.39 is 0 Å². The van der Waals surface area contributed by atoms with Crippen LogP contribution >= 0.6 is 12.6 Å². The van der Waals surface area contributed by atoms with E-state index in [1.54, 1.807) is 4.90 Å². The number of benzene rings is 1. The Morgan fingerprint density at radius 1 is 1.32 bits per heavy atom. The van der Waals surface area contributed by atoms with Gasteiger partial charge in [0.05, 0.1) is 5.69 Å². The molecule has 0 bridgehead atoms. The fourth-order valence-corrected chi connectivity index (χ4v) is 3.49. The molecular weight excluding hydrogens is 256 g/mol. The van der Waals surface area contributed by atoms with Gasteiger partial charge in [0.1, 0.15) is 0 Å². The number of hydrogen-bond acceptors (Lipinski definition) is 2. The summed E-state index contributed by atoms with van der Waals surface area (Å²) in [5.41, 5.74) is 2.54. The Labute approximate surface area is 120 Å². The molecule has 0 spiro atoms.